The molecule has 0 spiro atoms. The summed E-state index contributed by atoms with van der Waals surface area (Å²) in [5.41, 5.74) is 4.63. The summed E-state index contributed by atoms with van der Waals surface area (Å²) >= 11 is 0. The number of esters is 1. The molecule has 9 nitrogen and oxygen atoms in total. The van der Waals surface area contributed by atoms with Crippen LogP contribution in [0.1, 0.15) is 27.0 Å². The minimum Gasteiger partial charge on any atom is -0.462 e. The summed E-state index contributed by atoms with van der Waals surface area (Å²) < 4.78 is 10.1. The number of hydrogen-bond acceptors (Lipinski definition) is 8. The van der Waals surface area contributed by atoms with Gasteiger partial charge < -0.3 is 19.7 Å². The molecule has 2 aliphatic heterocycles. The molecule has 4 rings (SSSR count). The zero-order chi connectivity index (χ0) is 25.3. The third-order valence-electron chi connectivity index (χ3n) is 6.48. The average Bonchev–Trinajstić information content (AvgIpc) is 2.88. The van der Waals surface area contributed by atoms with Crippen molar-refractivity contribution in [3.8, 4) is 0 Å². The van der Waals surface area contributed by atoms with Gasteiger partial charge in [0, 0.05) is 57.6 Å². The molecule has 0 unspecified atom stereocenters. The van der Waals surface area contributed by atoms with Crippen LogP contribution < -0.4 is 5.32 Å². The highest BCUT2D eigenvalue weighted by Crippen LogP contribution is 2.23. The lowest BCUT2D eigenvalue weighted by Crippen LogP contribution is -2.41. The summed E-state index contributed by atoms with van der Waals surface area (Å²) in [5.74, 6) is -0.413. The standard InChI is InChI=1S/C27H35N5O4/c1-30-11-13-32(14-12-30)28-18-21-3-5-23(6-4-21)27(34)29-25-8-7-22-9-10-31(19-24(22)17-25)20-26(33)36-16-15-35-2/h3-8,17-18H,9-16,19-20H2,1-2H3,(H,29,34). The highest BCUT2D eigenvalue weighted by molar-refractivity contribution is 6.04. The molecule has 1 N–H and O–H groups in total. The lowest BCUT2D eigenvalue weighted by atomic mass is 9.99. The van der Waals surface area contributed by atoms with E-state index >= 15 is 0 Å². The highest BCUT2D eigenvalue weighted by Gasteiger charge is 2.20. The number of nitrogens with one attached hydrogen (secondary N) is 1. The fourth-order valence-electron chi connectivity index (χ4n) is 4.28. The first kappa shape index (κ1) is 25.8. The van der Waals surface area contributed by atoms with E-state index < -0.39 is 0 Å². The van der Waals surface area contributed by atoms with E-state index in [1.54, 1.807) is 7.11 Å². The van der Waals surface area contributed by atoms with Crippen LogP contribution >= 0.6 is 0 Å². The largest absolute Gasteiger partial charge is 0.462 e. The van der Waals surface area contributed by atoms with E-state index in [2.05, 4.69) is 38.3 Å². The lowest BCUT2D eigenvalue weighted by molar-refractivity contribution is -0.146. The minimum absolute atomic E-state index is 0.160. The van der Waals surface area contributed by atoms with Gasteiger partial charge >= 0.3 is 5.97 Å². The maximum absolute atomic E-state index is 12.8. The number of hydrogen-bond donors (Lipinski definition) is 1. The van der Waals surface area contributed by atoms with Gasteiger partial charge in [0.05, 0.1) is 19.4 Å². The molecule has 2 heterocycles. The van der Waals surface area contributed by atoms with Crippen molar-refractivity contribution in [2.75, 3.05) is 72.0 Å². The van der Waals surface area contributed by atoms with Crippen LogP contribution in [0.25, 0.3) is 0 Å². The molecule has 0 aliphatic carbocycles. The van der Waals surface area contributed by atoms with Gasteiger partial charge in [-0.05, 0) is 54.4 Å². The number of fused-ring (bicyclic) bond motifs is 1. The molecule has 0 bridgehead atoms. The van der Waals surface area contributed by atoms with Crippen LogP contribution in [0.5, 0.6) is 0 Å². The van der Waals surface area contributed by atoms with Gasteiger partial charge in [-0.2, -0.15) is 5.10 Å². The lowest BCUT2D eigenvalue weighted by Gasteiger charge is -2.30. The number of likely N-dealkylation sites (N-methyl/N-ethyl adjacent to an activating group) is 1. The number of carbonyl (C=O) groups excluding carboxylic acids is 2. The molecular weight excluding hydrogens is 458 g/mol. The van der Waals surface area contributed by atoms with E-state index in [1.165, 1.54) is 5.56 Å². The molecule has 0 saturated carbocycles. The summed E-state index contributed by atoms with van der Waals surface area (Å²) in [5, 5.41) is 9.62. The number of carbonyl (C=O) groups is 2. The third-order valence-corrected chi connectivity index (χ3v) is 6.48. The van der Waals surface area contributed by atoms with Crippen LogP contribution in [0.2, 0.25) is 0 Å². The maximum Gasteiger partial charge on any atom is 0.320 e. The van der Waals surface area contributed by atoms with Gasteiger partial charge in [0.15, 0.2) is 0 Å². The summed E-state index contributed by atoms with van der Waals surface area (Å²) in [6, 6.07) is 13.4. The number of nitrogens with zero attached hydrogens (tertiary/aromatic N) is 4. The first-order chi connectivity index (χ1) is 17.5. The molecule has 1 saturated heterocycles. The number of rotatable bonds is 9. The van der Waals surface area contributed by atoms with Crippen LogP contribution in [0, 0.1) is 0 Å². The van der Waals surface area contributed by atoms with Crippen LogP contribution in [0.15, 0.2) is 47.6 Å². The van der Waals surface area contributed by atoms with Crippen LogP contribution in [-0.2, 0) is 27.2 Å². The molecule has 9 heteroatoms. The number of ether oxygens (including phenoxy) is 2. The van der Waals surface area contributed by atoms with Gasteiger partial charge in [-0.1, -0.05) is 18.2 Å². The summed E-state index contributed by atoms with van der Waals surface area (Å²) in [6.07, 6.45) is 2.70. The molecule has 2 aromatic rings. The number of anilines is 1. The molecule has 0 radical (unpaired) electrons. The van der Waals surface area contributed by atoms with Crippen molar-refractivity contribution in [3.63, 3.8) is 0 Å². The molecule has 2 aliphatic rings. The van der Waals surface area contributed by atoms with E-state index in [4.69, 9.17) is 9.47 Å². The number of benzene rings is 2. The topological polar surface area (TPSA) is 86.7 Å². The van der Waals surface area contributed by atoms with Crippen molar-refractivity contribution in [2.24, 2.45) is 5.10 Å². The smallest absolute Gasteiger partial charge is 0.320 e. The number of methoxy groups -OCH3 is 1. The van der Waals surface area contributed by atoms with Gasteiger partial charge in [0.2, 0.25) is 0 Å². The van der Waals surface area contributed by atoms with Crippen LogP contribution in [0.3, 0.4) is 0 Å². The van der Waals surface area contributed by atoms with Crippen molar-refractivity contribution in [1.29, 1.82) is 0 Å². The zero-order valence-electron chi connectivity index (χ0n) is 21.1. The summed E-state index contributed by atoms with van der Waals surface area (Å²) in [4.78, 5) is 29.2. The van der Waals surface area contributed by atoms with E-state index in [1.807, 2.05) is 42.6 Å². The van der Waals surface area contributed by atoms with Gasteiger partial charge in [-0.3, -0.25) is 19.5 Å². The fraction of sp³-hybridized carbons (Fsp3) is 0.444. The molecule has 192 valence electrons. The predicted molar refractivity (Wildman–Crippen MR) is 139 cm³/mol. The Hall–Kier alpha value is -3.27. The maximum atomic E-state index is 12.8. The molecule has 0 atom stereocenters. The molecule has 2 aromatic carbocycles. The van der Waals surface area contributed by atoms with Crippen molar-refractivity contribution >= 4 is 23.8 Å². The van der Waals surface area contributed by atoms with Gasteiger partial charge in [0.1, 0.15) is 6.61 Å². The van der Waals surface area contributed by atoms with E-state index in [-0.39, 0.29) is 25.0 Å². The Bertz CT molecular complexity index is 1060. The molecule has 1 amide bonds. The number of amides is 1. The second-order valence-electron chi connectivity index (χ2n) is 9.24. The Balaban J connectivity index is 1.30. The molecule has 1 fully saturated rings. The van der Waals surface area contributed by atoms with Gasteiger partial charge in [0.25, 0.3) is 5.91 Å². The third kappa shape index (κ3) is 7.36. The van der Waals surface area contributed by atoms with Gasteiger partial charge in [-0.25, -0.2) is 0 Å². The second kappa shape index (κ2) is 12.6. The number of hydrazone groups is 1. The van der Waals surface area contributed by atoms with Crippen molar-refractivity contribution in [1.82, 2.24) is 14.8 Å². The molecule has 0 aromatic heterocycles. The normalized spacial score (nSPS) is 16.7. The monoisotopic (exact) mass is 493 g/mol. The van der Waals surface area contributed by atoms with Crippen molar-refractivity contribution in [2.45, 2.75) is 13.0 Å². The van der Waals surface area contributed by atoms with Crippen LogP contribution in [0.4, 0.5) is 5.69 Å². The fourth-order valence-corrected chi connectivity index (χ4v) is 4.28. The summed E-state index contributed by atoms with van der Waals surface area (Å²) in [7, 11) is 3.69. The Morgan fingerprint density at radius 2 is 1.78 bits per heavy atom. The first-order valence-electron chi connectivity index (χ1n) is 12.4. The Labute approximate surface area is 212 Å². The first-order valence-corrected chi connectivity index (χ1v) is 12.4. The minimum atomic E-state index is -0.253. The average molecular weight is 494 g/mol. The quantitative estimate of drug-likeness (QED) is 0.325. The Morgan fingerprint density at radius 1 is 1.00 bits per heavy atom. The Morgan fingerprint density at radius 3 is 2.53 bits per heavy atom. The zero-order valence-corrected chi connectivity index (χ0v) is 21.1. The SMILES string of the molecule is COCCOC(=O)CN1CCc2ccc(NC(=O)c3ccc(C=NN4CCN(C)CC4)cc3)cc2C1. The van der Waals surface area contributed by atoms with E-state index in [0.717, 1.165) is 56.0 Å². The van der Waals surface area contributed by atoms with E-state index in [0.29, 0.717) is 18.7 Å². The molecule has 36 heavy (non-hydrogen) atoms. The number of piperazine rings is 1. The van der Waals surface area contributed by atoms with E-state index in [9.17, 15) is 9.59 Å². The van der Waals surface area contributed by atoms with Gasteiger partial charge in [-0.15, -0.1) is 0 Å². The highest BCUT2D eigenvalue weighted by atomic mass is 16.6. The summed E-state index contributed by atoms with van der Waals surface area (Å²) in [6.45, 7) is 6.20. The van der Waals surface area contributed by atoms with Crippen LogP contribution in [-0.4, -0.2) is 99.5 Å². The van der Waals surface area contributed by atoms with Crippen molar-refractivity contribution in [3.05, 3.63) is 64.7 Å². The Kier molecular flexibility index (Phi) is 9.05. The molecular formula is C27H35N5O4. The second-order valence-corrected chi connectivity index (χ2v) is 9.24. The van der Waals surface area contributed by atoms with Crippen molar-refractivity contribution < 1.29 is 19.1 Å². The predicted octanol–water partition coefficient (Wildman–Crippen LogP) is 2.07.